The highest BCUT2D eigenvalue weighted by Gasteiger charge is 2.12. The molecule has 1 N–H and O–H groups in total. The van der Waals surface area contributed by atoms with Crippen molar-refractivity contribution < 1.29 is 19.1 Å². The molecule has 6 nitrogen and oxygen atoms in total. The third-order valence-corrected chi connectivity index (χ3v) is 5.38. The van der Waals surface area contributed by atoms with Gasteiger partial charge in [0.1, 0.15) is 10.8 Å². The molecule has 1 heterocycles. The average molecular weight is 445 g/mol. The average Bonchev–Trinajstić information content (AvgIpc) is 3.21. The molecule has 156 valence electrons. The van der Waals surface area contributed by atoms with Crippen LogP contribution in [0.1, 0.15) is 11.3 Å². The predicted molar refractivity (Wildman–Crippen MR) is 117 cm³/mol. The Balaban J connectivity index is 1.38. The number of benzene rings is 2. The Morgan fingerprint density at radius 2 is 1.97 bits per heavy atom. The van der Waals surface area contributed by atoms with Crippen LogP contribution < -0.4 is 10.1 Å². The first-order valence-electron chi connectivity index (χ1n) is 9.29. The second-order valence-corrected chi connectivity index (χ2v) is 7.73. The van der Waals surface area contributed by atoms with Gasteiger partial charge in [-0.2, -0.15) is 0 Å². The maximum atomic E-state index is 12.0. The van der Waals surface area contributed by atoms with E-state index in [1.165, 1.54) is 11.3 Å². The van der Waals surface area contributed by atoms with Crippen LogP contribution in [0.5, 0.6) is 5.75 Å². The van der Waals surface area contributed by atoms with E-state index in [0.29, 0.717) is 23.7 Å². The molecule has 0 aliphatic rings. The standard InChI is InChI=1S/C22H21ClN2O4S/c1-28-19-7-5-15(6-8-19)9-10-24-20(26)13-29-21(27)12-18-14-30-22(25-18)16-3-2-4-17(23)11-16/h2-8,11,14H,9-10,12-13H2,1H3,(H,24,26). The second-order valence-electron chi connectivity index (χ2n) is 6.44. The Hall–Kier alpha value is -2.90. The van der Waals surface area contributed by atoms with Gasteiger partial charge in [0.25, 0.3) is 5.91 Å². The van der Waals surface area contributed by atoms with Gasteiger partial charge in [0.2, 0.25) is 0 Å². The summed E-state index contributed by atoms with van der Waals surface area (Å²) in [7, 11) is 1.61. The number of rotatable bonds is 9. The van der Waals surface area contributed by atoms with Gasteiger partial charge in [-0.05, 0) is 36.2 Å². The van der Waals surface area contributed by atoms with Gasteiger partial charge in [-0.25, -0.2) is 4.98 Å². The molecule has 0 fully saturated rings. The van der Waals surface area contributed by atoms with Crippen molar-refractivity contribution in [2.24, 2.45) is 0 Å². The molecule has 0 aliphatic carbocycles. The van der Waals surface area contributed by atoms with Gasteiger partial charge in [-0.15, -0.1) is 11.3 Å². The molecule has 0 saturated heterocycles. The van der Waals surface area contributed by atoms with Gasteiger partial charge < -0.3 is 14.8 Å². The maximum Gasteiger partial charge on any atom is 0.312 e. The van der Waals surface area contributed by atoms with Gasteiger partial charge in [-0.1, -0.05) is 35.9 Å². The smallest absolute Gasteiger partial charge is 0.312 e. The fraction of sp³-hybridized carbons (Fsp3) is 0.227. The second kappa shape index (κ2) is 10.8. The van der Waals surface area contributed by atoms with Crippen molar-refractivity contribution in [2.75, 3.05) is 20.3 Å². The van der Waals surface area contributed by atoms with E-state index in [1.54, 1.807) is 18.6 Å². The fourth-order valence-corrected chi connectivity index (χ4v) is 3.68. The first-order chi connectivity index (χ1) is 14.5. The topological polar surface area (TPSA) is 77.5 Å². The summed E-state index contributed by atoms with van der Waals surface area (Å²) in [4.78, 5) is 28.3. The molecular formula is C22H21ClN2O4S. The molecule has 0 saturated carbocycles. The highest BCUT2D eigenvalue weighted by molar-refractivity contribution is 7.13. The fourth-order valence-electron chi connectivity index (χ4n) is 2.68. The molecule has 3 rings (SSSR count). The van der Waals surface area contributed by atoms with Crippen LogP contribution in [0.2, 0.25) is 5.02 Å². The van der Waals surface area contributed by atoms with E-state index >= 15 is 0 Å². The number of nitrogens with one attached hydrogen (secondary N) is 1. The number of hydrogen-bond acceptors (Lipinski definition) is 6. The van der Waals surface area contributed by atoms with Gasteiger partial charge >= 0.3 is 5.97 Å². The SMILES string of the molecule is COc1ccc(CCNC(=O)COC(=O)Cc2csc(-c3cccc(Cl)c3)n2)cc1. The van der Waals surface area contributed by atoms with E-state index in [2.05, 4.69) is 10.3 Å². The molecule has 1 amide bonds. The van der Waals surface area contributed by atoms with Gasteiger partial charge in [0, 0.05) is 22.5 Å². The molecule has 0 radical (unpaired) electrons. The number of hydrogen-bond donors (Lipinski definition) is 1. The molecule has 1 aromatic heterocycles. The highest BCUT2D eigenvalue weighted by atomic mass is 35.5. The van der Waals surface area contributed by atoms with Crippen molar-refractivity contribution in [1.29, 1.82) is 0 Å². The summed E-state index contributed by atoms with van der Waals surface area (Å²) in [5, 5.41) is 5.94. The molecule has 0 unspecified atom stereocenters. The zero-order valence-electron chi connectivity index (χ0n) is 16.4. The van der Waals surface area contributed by atoms with Crippen LogP contribution in [0.25, 0.3) is 10.6 Å². The van der Waals surface area contributed by atoms with Crippen LogP contribution in [0.15, 0.2) is 53.9 Å². The minimum Gasteiger partial charge on any atom is -0.497 e. The van der Waals surface area contributed by atoms with Crippen LogP contribution in [-0.4, -0.2) is 37.1 Å². The summed E-state index contributed by atoms with van der Waals surface area (Å²) in [6, 6.07) is 15.0. The lowest BCUT2D eigenvalue weighted by molar-refractivity contribution is -0.147. The van der Waals surface area contributed by atoms with Crippen molar-refractivity contribution in [3.63, 3.8) is 0 Å². The van der Waals surface area contributed by atoms with E-state index in [1.807, 2.05) is 42.5 Å². The number of amides is 1. The Morgan fingerprint density at radius 3 is 2.70 bits per heavy atom. The van der Waals surface area contributed by atoms with Crippen molar-refractivity contribution in [3.8, 4) is 16.3 Å². The third-order valence-electron chi connectivity index (χ3n) is 4.21. The van der Waals surface area contributed by atoms with Crippen molar-refractivity contribution in [1.82, 2.24) is 10.3 Å². The maximum absolute atomic E-state index is 12.0. The van der Waals surface area contributed by atoms with Crippen LogP contribution >= 0.6 is 22.9 Å². The lowest BCUT2D eigenvalue weighted by Crippen LogP contribution is -2.30. The summed E-state index contributed by atoms with van der Waals surface area (Å²) in [6.07, 6.45) is 0.685. The zero-order valence-corrected chi connectivity index (χ0v) is 18.0. The first kappa shape index (κ1) is 21.8. The third kappa shape index (κ3) is 6.57. The number of methoxy groups -OCH3 is 1. The lowest BCUT2D eigenvalue weighted by atomic mass is 10.1. The quantitative estimate of drug-likeness (QED) is 0.506. The summed E-state index contributed by atoms with van der Waals surface area (Å²) in [5.74, 6) is -0.0486. The molecule has 0 atom stereocenters. The normalized spacial score (nSPS) is 10.5. The molecule has 8 heteroatoms. The van der Waals surface area contributed by atoms with Crippen LogP contribution in [-0.2, 0) is 27.2 Å². The molecule has 0 bridgehead atoms. The summed E-state index contributed by atoms with van der Waals surface area (Å²) in [6.45, 7) is 0.143. The Labute approximate surface area is 183 Å². The summed E-state index contributed by atoms with van der Waals surface area (Å²) in [5.41, 5.74) is 2.57. The number of carbonyl (C=O) groups is 2. The monoisotopic (exact) mass is 444 g/mol. The molecule has 0 aliphatic heterocycles. The molecule has 2 aromatic carbocycles. The minimum absolute atomic E-state index is 0.0101. The molecular weight excluding hydrogens is 424 g/mol. The van der Waals surface area contributed by atoms with Gasteiger partial charge in [-0.3, -0.25) is 9.59 Å². The Kier molecular flexibility index (Phi) is 7.82. The van der Waals surface area contributed by atoms with Crippen molar-refractivity contribution in [2.45, 2.75) is 12.8 Å². The van der Waals surface area contributed by atoms with Crippen LogP contribution in [0.4, 0.5) is 0 Å². The van der Waals surface area contributed by atoms with Gasteiger partial charge in [0.05, 0.1) is 19.2 Å². The number of ether oxygens (including phenoxy) is 2. The summed E-state index contributed by atoms with van der Waals surface area (Å²) < 4.78 is 10.2. The number of halogens is 1. The van der Waals surface area contributed by atoms with E-state index in [4.69, 9.17) is 21.1 Å². The zero-order chi connectivity index (χ0) is 21.3. The predicted octanol–water partition coefficient (Wildman–Crippen LogP) is 3.92. The number of carbonyl (C=O) groups excluding carboxylic acids is 2. The number of nitrogens with zero attached hydrogens (tertiary/aromatic N) is 1. The number of esters is 1. The number of thiazole rings is 1. The number of aromatic nitrogens is 1. The van der Waals surface area contributed by atoms with Gasteiger partial charge in [0.15, 0.2) is 6.61 Å². The van der Waals surface area contributed by atoms with Crippen molar-refractivity contribution in [3.05, 3.63) is 70.2 Å². The van der Waals surface area contributed by atoms with E-state index < -0.39 is 5.97 Å². The Bertz CT molecular complexity index is 1000. The largest absolute Gasteiger partial charge is 0.497 e. The lowest BCUT2D eigenvalue weighted by Gasteiger charge is -2.07. The first-order valence-corrected chi connectivity index (χ1v) is 10.5. The van der Waals surface area contributed by atoms with E-state index in [-0.39, 0.29) is 18.9 Å². The van der Waals surface area contributed by atoms with Crippen LogP contribution in [0, 0.1) is 0 Å². The Morgan fingerprint density at radius 1 is 1.17 bits per heavy atom. The van der Waals surface area contributed by atoms with E-state index in [9.17, 15) is 9.59 Å². The summed E-state index contributed by atoms with van der Waals surface area (Å²) >= 11 is 7.42. The molecule has 0 spiro atoms. The van der Waals surface area contributed by atoms with E-state index in [0.717, 1.165) is 21.9 Å². The molecule has 3 aromatic rings. The van der Waals surface area contributed by atoms with Crippen molar-refractivity contribution >= 4 is 34.8 Å². The van der Waals surface area contributed by atoms with Crippen LogP contribution in [0.3, 0.4) is 0 Å². The highest BCUT2D eigenvalue weighted by Crippen LogP contribution is 2.26. The molecule has 30 heavy (non-hydrogen) atoms. The minimum atomic E-state index is -0.497.